The van der Waals surface area contributed by atoms with Gasteiger partial charge in [0.05, 0.1) is 6.61 Å². The molecule has 19 heavy (non-hydrogen) atoms. The number of hydrogen-bond donors (Lipinski definition) is 2. The van der Waals surface area contributed by atoms with Gasteiger partial charge >= 0.3 is 0 Å². The molecule has 0 bridgehead atoms. The lowest BCUT2D eigenvalue weighted by molar-refractivity contribution is 0.0946. The van der Waals surface area contributed by atoms with Crippen LogP contribution in [0, 0.1) is 0 Å². The minimum Gasteiger partial charge on any atom is -0.392 e. The van der Waals surface area contributed by atoms with E-state index in [1.54, 1.807) is 6.07 Å². The van der Waals surface area contributed by atoms with Crippen LogP contribution in [0.1, 0.15) is 21.6 Å². The van der Waals surface area contributed by atoms with Crippen LogP contribution in [0.3, 0.4) is 0 Å². The van der Waals surface area contributed by atoms with E-state index in [9.17, 15) is 4.79 Å². The summed E-state index contributed by atoms with van der Waals surface area (Å²) in [7, 11) is 0. The Kier molecular flexibility index (Phi) is 4.49. The molecule has 0 aliphatic carbocycles. The van der Waals surface area contributed by atoms with Gasteiger partial charge in [0, 0.05) is 17.8 Å². The van der Waals surface area contributed by atoms with Gasteiger partial charge in [0.2, 0.25) is 0 Å². The van der Waals surface area contributed by atoms with E-state index < -0.39 is 0 Å². The van der Waals surface area contributed by atoms with Crippen molar-refractivity contribution in [1.29, 1.82) is 0 Å². The molecule has 5 heteroatoms. The number of rotatable bonds is 4. The molecule has 0 radical (unpaired) electrons. The summed E-state index contributed by atoms with van der Waals surface area (Å²) in [6, 6.07) is 10.5. The van der Waals surface area contributed by atoms with Gasteiger partial charge in [0.1, 0.15) is 5.69 Å². The van der Waals surface area contributed by atoms with Gasteiger partial charge in [-0.3, -0.25) is 9.78 Å². The van der Waals surface area contributed by atoms with E-state index in [0.717, 1.165) is 11.1 Å². The van der Waals surface area contributed by atoms with E-state index in [-0.39, 0.29) is 12.5 Å². The first kappa shape index (κ1) is 13.5. The molecule has 2 rings (SSSR count). The summed E-state index contributed by atoms with van der Waals surface area (Å²) in [5, 5.41) is 12.2. The first-order chi connectivity index (χ1) is 9.19. The van der Waals surface area contributed by atoms with Crippen LogP contribution in [0.4, 0.5) is 0 Å². The zero-order valence-electron chi connectivity index (χ0n) is 10.1. The molecule has 1 aromatic carbocycles. The number of aliphatic hydroxyl groups excluding tert-OH is 1. The highest BCUT2D eigenvalue weighted by Crippen LogP contribution is 2.08. The van der Waals surface area contributed by atoms with Gasteiger partial charge < -0.3 is 10.4 Å². The number of hydrogen-bond acceptors (Lipinski definition) is 3. The van der Waals surface area contributed by atoms with Crippen LogP contribution in [-0.4, -0.2) is 16.0 Å². The fraction of sp³-hybridized carbons (Fsp3) is 0.143. The Bertz CT molecular complexity index is 570. The van der Waals surface area contributed by atoms with Crippen molar-refractivity contribution in [2.75, 3.05) is 0 Å². The first-order valence-electron chi connectivity index (χ1n) is 5.77. The van der Waals surface area contributed by atoms with Crippen LogP contribution < -0.4 is 5.32 Å². The van der Waals surface area contributed by atoms with Crippen LogP contribution in [0.25, 0.3) is 0 Å². The maximum atomic E-state index is 11.8. The van der Waals surface area contributed by atoms with Crippen molar-refractivity contribution in [3.05, 3.63) is 64.4 Å². The number of nitrogens with zero attached hydrogens (tertiary/aromatic N) is 1. The van der Waals surface area contributed by atoms with Gasteiger partial charge in [-0.1, -0.05) is 35.9 Å². The second-order valence-corrected chi connectivity index (χ2v) is 4.45. The molecule has 1 aromatic heterocycles. The molecule has 0 spiro atoms. The van der Waals surface area contributed by atoms with E-state index in [4.69, 9.17) is 16.7 Å². The van der Waals surface area contributed by atoms with Gasteiger partial charge in [0.25, 0.3) is 5.91 Å². The molecule has 0 atom stereocenters. The predicted molar refractivity (Wildman–Crippen MR) is 72.8 cm³/mol. The molecule has 2 N–H and O–H groups in total. The largest absolute Gasteiger partial charge is 0.392 e. The Morgan fingerprint density at radius 3 is 2.53 bits per heavy atom. The van der Waals surface area contributed by atoms with Gasteiger partial charge in [-0.15, -0.1) is 0 Å². The lowest BCUT2D eigenvalue weighted by Crippen LogP contribution is -2.23. The molecule has 1 heterocycles. The monoisotopic (exact) mass is 276 g/mol. The Hall–Kier alpha value is -1.91. The molecule has 98 valence electrons. The Morgan fingerprint density at radius 1 is 1.21 bits per heavy atom. The van der Waals surface area contributed by atoms with Crippen molar-refractivity contribution in [2.24, 2.45) is 0 Å². The highest BCUT2D eigenvalue weighted by atomic mass is 35.5. The number of amides is 1. The molecule has 0 unspecified atom stereocenters. The summed E-state index contributed by atoms with van der Waals surface area (Å²) in [5.41, 5.74) is 2.08. The summed E-state index contributed by atoms with van der Waals surface area (Å²) in [6.45, 7) is 0.414. The van der Waals surface area contributed by atoms with Crippen molar-refractivity contribution in [1.82, 2.24) is 10.3 Å². The van der Waals surface area contributed by atoms with Gasteiger partial charge in [-0.05, 0) is 23.3 Å². The number of benzene rings is 1. The van der Waals surface area contributed by atoms with E-state index in [1.807, 2.05) is 24.3 Å². The lowest BCUT2D eigenvalue weighted by atomic mass is 10.1. The Balaban J connectivity index is 1.96. The smallest absolute Gasteiger partial charge is 0.270 e. The molecular formula is C14H13ClN2O2. The van der Waals surface area contributed by atoms with E-state index in [2.05, 4.69) is 10.3 Å². The normalized spacial score (nSPS) is 10.2. The lowest BCUT2D eigenvalue weighted by Gasteiger charge is -2.05. The summed E-state index contributed by atoms with van der Waals surface area (Å²) in [4.78, 5) is 15.8. The Morgan fingerprint density at radius 2 is 1.89 bits per heavy atom. The number of carbonyl (C=O) groups is 1. The molecular weight excluding hydrogens is 264 g/mol. The predicted octanol–water partition coefficient (Wildman–Crippen LogP) is 2.16. The number of nitrogens with one attached hydrogen (secondary N) is 1. The number of halogens is 1. The van der Waals surface area contributed by atoms with Crippen LogP contribution in [0.2, 0.25) is 5.02 Å². The molecule has 0 saturated carbocycles. The molecule has 0 saturated heterocycles. The van der Waals surface area contributed by atoms with Gasteiger partial charge in [-0.25, -0.2) is 0 Å². The standard InChI is InChI=1S/C14H13ClN2O2/c15-12-5-6-16-13(7-12)14(19)17-8-10-1-3-11(9-18)4-2-10/h1-7,18H,8-9H2,(H,17,19). The summed E-state index contributed by atoms with van der Waals surface area (Å²) in [5.74, 6) is -0.270. The molecule has 4 nitrogen and oxygen atoms in total. The zero-order chi connectivity index (χ0) is 13.7. The number of aliphatic hydroxyl groups is 1. The maximum absolute atomic E-state index is 11.8. The second-order valence-electron chi connectivity index (χ2n) is 4.02. The number of pyridine rings is 1. The van der Waals surface area contributed by atoms with Crippen molar-refractivity contribution in [3.8, 4) is 0 Å². The van der Waals surface area contributed by atoms with Crippen molar-refractivity contribution >= 4 is 17.5 Å². The van der Waals surface area contributed by atoms with Crippen molar-refractivity contribution in [2.45, 2.75) is 13.2 Å². The minimum atomic E-state index is -0.270. The maximum Gasteiger partial charge on any atom is 0.270 e. The zero-order valence-corrected chi connectivity index (χ0v) is 10.9. The number of aromatic nitrogens is 1. The van der Waals surface area contributed by atoms with Crippen molar-refractivity contribution in [3.63, 3.8) is 0 Å². The van der Waals surface area contributed by atoms with E-state index in [1.165, 1.54) is 12.3 Å². The molecule has 1 amide bonds. The summed E-state index contributed by atoms with van der Waals surface area (Å²) in [6.07, 6.45) is 1.49. The quantitative estimate of drug-likeness (QED) is 0.899. The third-order valence-corrected chi connectivity index (χ3v) is 2.85. The molecule has 2 aromatic rings. The number of carbonyl (C=O) groups excluding carboxylic acids is 1. The first-order valence-corrected chi connectivity index (χ1v) is 6.15. The Labute approximate surface area is 116 Å². The summed E-state index contributed by atoms with van der Waals surface area (Å²) < 4.78 is 0. The SMILES string of the molecule is O=C(NCc1ccc(CO)cc1)c1cc(Cl)ccn1. The fourth-order valence-corrected chi connectivity index (χ4v) is 1.72. The third kappa shape index (κ3) is 3.77. The topological polar surface area (TPSA) is 62.2 Å². The van der Waals surface area contributed by atoms with Gasteiger partial charge in [0.15, 0.2) is 0 Å². The average Bonchev–Trinajstić information content (AvgIpc) is 2.45. The average molecular weight is 277 g/mol. The van der Waals surface area contributed by atoms with Crippen LogP contribution >= 0.6 is 11.6 Å². The van der Waals surface area contributed by atoms with E-state index >= 15 is 0 Å². The van der Waals surface area contributed by atoms with Crippen LogP contribution in [0.15, 0.2) is 42.6 Å². The third-order valence-electron chi connectivity index (χ3n) is 2.61. The second kappa shape index (κ2) is 6.31. The minimum absolute atomic E-state index is 0.0130. The highest BCUT2D eigenvalue weighted by Gasteiger charge is 2.07. The molecule has 0 aliphatic rings. The molecule has 0 fully saturated rings. The molecule has 0 aliphatic heterocycles. The van der Waals surface area contributed by atoms with Crippen LogP contribution in [0.5, 0.6) is 0 Å². The van der Waals surface area contributed by atoms with E-state index in [0.29, 0.717) is 17.3 Å². The fourth-order valence-electron chi connectivity index (χ4n) is 1.56. The summed E-state index contributed by atoms with van der Waals surface area (Å²) >= 11 is 5.80. The van der Waals surface area contributed by atoms with Crippen LogP contribution in [-0.2, 0) is 13.2 Å². The van der Waals surface area contributed by atoms with Gasteiger partial charge in [-0.2, -0.15) is 0 Å². The van der Waals surface area contributed by atoms with Crippen molar-refractivity contribution < 1.29 is 9.90 Å². The highest BCUT2D eigenvalue weighted by molar-refractivity contribution is 6.30.